The van der Waals surface area contributed by atoms with E-state index in [1.54, 1.807) is 0 Å². The van der Waals surface area contributed by atoms with Crippen LogP contribution in [0.5, 0.6) is 0 Å². The molecule has 2 nitrogen and oxygen atoms in total. The van der Waals surface area contributed by atoms with E-state index >= 15 is 0 Å². The Labute approximate surface area is 127 Å². The zero-order valence-corrected chi connectivity index (χ0v) is 12.8. The number of hydrogen-bond acceptors (Lipinski definition) is 1. The Bertz CT molecular complexity index is 558. The fourth-order valence-corrected chi connectivity index (χ4v) is 2.33. The largest absolute Gasteiger partial charge is 0.352 e. The van der Waals surface area contributed by atoms with Crippen molar-refractivity contribution in [3.8, 4) is 0 Å². The molecule has 0 unspecified atom stereocenters. The van der Waals surface area contributed by atoms with Gasteiger partial charge in [-0.3, -0.25) is 4.79 Å². The first-order valence-corrected chi connectivity index (χ1v) is 7.56. The van der Waals surface area contributed by atoms with Crippen molar-refractivity contribution in [2.45, 2.75) is 26.7 Å². The molecular weight excluding hydrogens is 258 g/mol. The van der Waals surface area contributed by atoms with E-state index in [1.807, 2.05) is 30.3 Å². The molecule has 0 fully saturated rings. The molecule has 0 aromatic heterocycles. The van der Waals surface area contributed by atoms with Crippen LogP contribution in [-0.2, 0) is 12.8 Å². The molecule has 2 aromatic rings. The third-order valence-corrected chi connectivity index (χ3v) is 3.40. The molecule has 2 aromatic carbocycles. The monoisotopic (exact) mass is 281 g/mol. The molecule has 21 heavy (non-hydrogen) atoms. The number of benzene rings is 2. The molecular formula is C19H23NO. The maximum Gasteiger partial charge on any atom is 0.251 e. The van der Waals surface area contributed by atoms with Crippen LogP contribution in [0.1, 0.15) is 35.3 Å². The van der Waals surface area contributed by atoms with Crippen molar-refractivity contribution in [2.75, 3.05) is 6.54 Å². The number of rotatable bonds is 6. The van der Waals surface area contributed by atoms with Crippen LogP contribution >= 0.6 is 0 Å². The topological polar surface area (TPSA) is 29.1 Å². The van der Waals surface area contributed by atoms with E-state index in [2.05, 4.69) is 43.4 Å². The van der Waals surface area contributed by atoms with Crippen LogP contribution in [0.3, 0.4) is 0 Å². The summed E-state index contributed by atoms with van der Waals surface area (Å²) in [5, 5.41) is 2.96. The second-order valence-electron chi connectivity index (χ2n) is 5.79. The third kappa shape index (κ3) is 5.07. The fraction of sp³-hybridized carbons (Fsp3) is 0.316. The van der Waals surface area contributed by atoms with Gasteiger partial charge in [-0.2, -0.15) is 0 Å². The van der Waals surface area contributed by atoms with Gasteiger partial charge in [0.1, 0.15) is 0 Å². The van der Waals surface area contributed by atoms with Gasteiger partial charge in [-0.1, -0.05) is 56.3 Å². The first kappa shape index (κ1) is 15.3. The minimum atomic E-state index is -0.00738. The molecule has 1 amide bonds. The Morgan fingerprint density at radius 2 is 1.57 bits per heavy atom. The summed E-state index contributed by atoms with van der Waals surface area (Å²) < 4.78 is 0. The van der Waals surface area contributed by atoms with Gasteiger partial charge in [-0.15, -0.1) is 0 Å². The first-order chi connectivity index (χ1) is 10.1. The average Bonchev–Trinajstić information content (AvgIpc) is 2.49. The van der Waals surface area contributed by atoms with Crippen molar-refractivity contribution in [1.82, 2.24) is 5.32 Å². The van der Waals surface area contributed by atoms with Crippen LogP contribution in [0.25, 0.3) is 0 Å². The molecule has 0 aliphatic heterocycles. The molecule has 0 aliphatic carbocycles. The van der Waals surface area contributed by atoms with Gasteiger partial charge in [0.2, 0.25) is 0 Å². The molecule has 0 saturated heterocycles. The van der Waals surface area contributed by atoms with Gasteiger partial charge in [0.15, 0.2) is 0 Å². The minimum Gasteiger partial charge on any atom is -0.352 e. The van der Waals surface area contributed by atoms with Crippen LogP contribution in [0, 0.1) is 5.92 Å². The quantitative estimate of drug-likeness (QED) is 0.856. The van der Waals surface area contributed by atoms with Crippen molar-refractivity contribution < 1.29 is 4.79 Å². The maximum absolute atomic E-state index is 11.9. The minimum absolute atomic E-state index is 0.00738. The van der Waals surface area contributed by atoms with Crippen molar-refractivity contribution in [2.24, 2.45) is 5.92 Å². The van der Waals surface area contributed by atoms with Gasteiger partial charge in [0.25, 0.3) is 5.91 Å². The molecule has 2 rings (SSSR count). The van der Waals surface area contributed by atoms with E-state index < -0.39 is 0 Å². The summed E-state index contributed by atoms with van der Waals surface area (Å²) in [6, 6.07) is 18.0. The van der Waals surface area contributed by atoms with Crippen molar-refractivity contribution in [3.63, 3.8) is 0 Å². The molecule has 0 radical (unpaired) electrons. The zero-order chi connectivity index (χ0) is 15.1. The van der Waals surface area contributed by atoms with E-state index in [-0.39, 0.29) is 5.91 Å². The summed E-state index contributed by atoms with van der Waals surface area (Å²) in [4.78, 5) is 11.9. The molecule has 1 N–H and O–H groups in total. The highest BCUT2D eigenvalue weighted by Crippen LogP contribution is 2.10. The molecule has 0 heterocycles. The van der Waals surface area contributed by atoms with E-state index in [0.717, 1.165) is 12.8 Å². The second kappa shape index (κ2) is 7.63. The first-order valence-electron chi connectivity index (χ1n) is 7.56. The lowest BCUT2D eigenvalue weighted by molar-refractivity contribution is 0.0954. The highest BCUT2D eigenvalue weighted by atomic mass is 16.1. The summed E-state index contributed by atoms with van der Waals surface area (Å²) in [7, 11) is 0. The molecule has 0 spiro atoms. The van der Waals surface area contributed by atoms with Gasteiger partial charge >= 0.3 is 0 Å². The Kier molecular flexibility index (Phi) is 5.56. The summed E-state index contributed by atoms with van der Waals surface area (Å²) in [6.45, 7) is 5.12. The maximum atomic E-state index is 11.9. The molecule has 0 atom stereocenters. The average molecular weight is 281 g/mol. The normalized spacial score (nSPS) is 10.6. The zero-order valence-electron chi connectivity index (χ0n) is 12.8. The van der Waals surface area contributed by atoms with Crippen molar-refractivity contribution in [1.29, 1.82) is 0 Å². The van der Waals surface area contributed by atoms with Crippen LogP contribution in [-0.4, -0.2) is 12.5 Å². The van der Waals surface area contributed by atoms with Crippen LogP contribution in [0.15, 0.2) is 54.6 Å². The Balaban J connectivity index is 1.79. The van der Waals surface area contributed by atoms with Crippen LogP contribution < -0.4 is 5.32 Å². The van der Waals surface area contributed by atoms with Crippen molar-refractivity contribution >= 4 is 5.91 Å². The predicted octanol–water partition coefficient (Wildman–Crippen LogP) is 3.86. The van der Waals surface area contributed by atoms with Crippen LogP contribution in [0.2, 0.25) is 0 Å². The Hall–Kier alpha value is -2.09. The summed E-state index contributed by atoms with van der Waals surface area (Å²) in [5.41, 5.74) is 3.35. The van der Waals surface area contributed by atoms with E-state index in [4.69, 9.17) is 0 Å². The standard InChI is InChI=1S/C19H23NO/c1-15(2)14-17-10-8-16(9-11-17)12-13-20-19(21)18-6-4-3-5-7-18/h3-11,15H,12-14H2,1-2H3,(H,20,21). The Morgan fingerprint density at radius 1 is 0.952 bits per heavy atom. The number of nitrogens with one attached hydrogen (secondary N) is 1. The van der Waals surface area contributed by atoms with Crippen LogP contribution in [0.4, 0.5) is 0 Å². The Morgan fingerprint density at radius 3 is 2.19 bits per heavy atom. The van der Waals surface area contributed by atoms with Gasteiger partial charge in [-0.25, -0.2) is 0 Å². The number of hydrogen-bond donors (Lipinski definition) is 1. The summed E-state index contributed by atoms with van der Waals surface area (Å²) in [6.07, 6.45) is 1.98. The van der Waals surface area contributed by atoms with E-state index in [1.165, 1.54) is 11.1 Å². The lowest BCUT2D eigenvalue weighted by Gasteiger charge is -2.08. The predicted molar refractivity (Wildman–Crippen MR) is 87.5 cm³/mol. The molecule has 0 aliphatic rings. The summed E-state index contributed by atoms with van der Waals surface area (Å²) >= 11 is 0. The van der Waals surface area contributed by atoms with Gasteiger partial charge in [-0.05, 0) is 42.0 Å². The van der Waals surface area contributed by atoms with E-state index in [9.17, 15) is 4.79 Å². The van der Waals surface area contributed by atoms with Crippen molar-refractivity contribution in [3.05, 3.63) is 71.3 Å². The number of amides is 1. The molecule has 0 saturated carbocycles. The lowest BCUT2D eigenvalue weighted by Crippen LogP contribution is -2.25. The molecule has 0 bridgehead atoms. The van der Waals surface area contributed by atoms with Gasteiger partial charge < -0.3 is 5.32 Å². The third-order valence-electron chi connectivity index (χ3n) is 3.40. The SMILES string of the molecule is CC(C)Cc1ccc(CCNC(=O)c2ccccc2)cc1. The van der Waals surface area contributed by atoms with Gasteiger partial charge in [0.05, 0.1) is 0 Å². The second-order valence-corrected chi connectivity index (χ2v) is 5.79. The highest BCUT2D eigenvalue weighted by Gasteiger charge is 2.03. The van der Waals surface area contributed by atoms with E-state index in [0.29, 0.717) is 18.0 Å². The highest BCUT2D eigenvalue weighted by molar-refractivity contribution is 5.94. The molecule has 110 valence electrons. The number of carbonyl (C=O) groups excluding carboxylic acids is 1. The fourth-order valence-electron chi connectivity index (χ4n) is 2.33. The number of carbonyl (C=O) groups is 1. The lowest BCUT2D eigenvalue weighted by atomic mass is 10.0. The summed E-state index contributed by atoms with van der Waals surface area (Å²) in [5.74, 6) is 0.674. The molecule has 2 heteroatoms. The smallest absolute Gasteiger partial charge is 0.251 e. The van der Waals surface area contributed by atoms with Gasteiger partial charge in [0, 0.05) is 12.1 Å².